The Morgan fingerprint density at radius 3 is 2.43 bits per heavy atom. The predicted octanol–water partition coefficient (Wildman–Crippen LogP) is 4.22. The average molecular weight is 227 g/mol. The van der Waals surface area contributed by atoms with E-state index in [1.54, 1.807) is 23.5 Å². The van der Waals surface area contributed by atoms with E-state index in [1.165, 1.54) is 12.1 Å². The molecule has 1 aromatic heterocycles. The molecule has 2 rings (SSSR count). The van der Waals surface area contributed by atoms with Crippen molar-refractivity contribution >= 4 is 22.9 Å². The topological polar surface area (TPSA) is 0 Å². The monoisotopic (exact) mass is 226 g/mol. The molecule has 0 nitrogen and oxygen atoms in total. The molecule has 1 aromatic carbocycles. The van der Waals surface area contributed by atoms with Gasteiger partial charge < -0.3 is 0 Å². The van der Waals surface area contributed by atoms with Gasteiger partial charge >= 0.3 is 0 Å². The van der Waals surface area contributed by atoms with E-state index in [2.05, 4.69) is 0 Å². The largest absolute Gasteiger partial charge is 0.207 e. The lowest BCUT2D eigenvalue weighted by Gasteiger charge is -2.06. The van der Waals surface area contributed by atoms with Gasteiger partial charge in [0, 0.05) is 4.88 Å². The fourth-order valence-corrected chi connectivity index (χ4v) is 2.33. The first-order chi connectivity index (χ1) is 6.77. The lowest BCUT2D eigenvalue weighted by molar-refractivity contribution is 0.627. The molecule has 0 radical (unpaired) electrons. The van der Waals surface area contributed by atoms with E-state index in [1.807, 2.05) is 17.5 Å². The number of rotatable bonds is 2. The average Bonchev–Trinajstić information content (AvgIpc) is 2.71. The molecule has 0 saturated heterocycles. The van der Waals surface area contributed by atoms with Crippen molar-refractivity contribution in [2.45, 2.75) is 5.38 Å². The summed E-state index contributed by atoms with van der Waals surface area (Å²) in [5, 5.41) is 1.81. The minimum atomic E-state index is -0.233. The molecule has 72 valence electrons. The van der Waals surface area contributed by atoms with Crippen molar-refractivity contribution in [2.75, 3.05) is 0 Å². The van der Waals surface area contributed by atoms with Crippen LogP contribution in [0.25, 0.3) is 0 Å². The SMILES string of the molecule is Fc1ccc(C(Cl)c2cccs2)cc1. The van der Waals surface area contributed by atoms with Crippen molar-refractivity contribution in [1.82, 2.24) is 0 Å². The molecule has 0 fully saturated rings. The molecule has 0 amide bonds. The predicted molar refractivity (Wildman–Crippen MR) is 58.4 cm³/mol. The first kappa shape index (κ1) is 9.69. The van der Waals surface area contributed by atoms with Crippen molar-refractivity contribution in [1.29, 1.82) is 0 Å². The second-order valence-electron chi connectivity index (χ2n) is 2.93. The molecule has 0 aliphatic rings. The Hall–Kier alpha value is -0.860. The van der Waals surface area contributed by atoms with Crippen LogP contribution in [0.4, 0.5) is 4.39 Å². The highest BCUT2D eigenvalue weighted by molar-refractivity contribution is 7.10. The van der Waals surface area contributed by atoms with Crippen LogP contribution in [0, 0.1) is 5.82 Å². The number of hydrogen-bond donors (Lipinski definition) is 0. The fraction of sp³-hybridized carbons (Fsp3) is 0.0909. The molecule has 1 atom stereocenters. The molecule has 0 aliphatic carbocycles. The van der Waals surface area contributed by atoms with E-state index in [9.17, 15) is 4.39 Å². The van der Waals surface area contributed by atoms with Gasteiger partial charge in [-0.1, -0.05) is 18.2 Å². The highest BCUT2D eigenvalue weighted by Gasteiger charge is 2.10. The Labute approximate surface area is 91.0 Å². The number of halogens is 2. The highest BCUT2D eigenvalue weighted by atomic mass is 35.5. The fourth-order valence-electron chi connectivity index (χ4n) is 1.23. The Kier molecular flexibility index (Phi) is 2.85. The van der Waals surface area contributed by atoms with Crippen LogP contribution in [0.15, 0.2) is 41.8 Å². The first-order valence-corrected chi connectivity index (χ1v) is 5.52. The molecule has 0 aliphatic heterocycles. The molecular weight excluding hydrogens is 219 g/mol. The van der Waals surface area contributed by atoms with Gasteiger partial charge in [0.05, 0.1) is 5.38 Å². The molecule has 0 bridgehead atoms. The maximum atomic E-state index is 12.7. The maximum absolute atomic E-state index is 12.7. The number of thiophene rings is 1. The Balaban J connectivity index is 2.28. The van der Waals surface area contributed by atoms with Gasteiger partial charge in [0.2, 0.25) is 0 Å². The smallest absolute Gasteiger partial charge is 0.123 e. The third-order valence-corrected chi connectivity index (χ3v) is 3.51. The quantitative estimate of drug-likeness (QED) is 0.673. The summed E-state index contributed by atoms with van der Waals surface area (Å²) in [6.45, 7) is 0. The Morgan fingerprint density at radius 1 is 1.14 bits per heavy atom. The van der Waals surface area contributed by atoms with Crippen LogP contribution < -0.4 is 0 Å². The summed E-state index contributed by atoms with van der Waals surface area (Å²) in [5.74, 6) is -0.233. The van der Waals surface area contributed by atoms with Gasteiger partial charge in [-0.3, -0.25) is 0 Å². The molecule has 1 unspecified atom stereocenters. The van der Waals surface area contributed by atoms with Crippen LogP contribution >= 0.6 is 22.9 Å². The van der Waals surface area contributed by atoms with Gasteiger partial charge in [-0.15, -0.1) is 22.9 Å². The number of benzene rings is 1. The van der Waals surface area contributed by atoms with Gasteiger partial charge in [-0.2, -0.15) is 0 Å². The number of hydrogen-bond acceptors (Lipinski definition) is 1. The van der Waals surface area contributed by atoms with E-state index in [4.69, 9.17) is 11.6 Å². The molecule has 0 N–H and O–H groups in total. The summed E-state index contributed by atoms with van der Waals surface area (Å²) in [7, 11) is 0. The summed E-state index contributed by atoms with van der Waals surface area (Å²) in [6, 6.07) is 10.2. The van der Waals surface area contributed by atoms with Crippen molar-refractivity contribution in [3.05, 3.63) is 58.0 Å². The van der Waals surface area contributed by atoms with Crippen molar-refractivity contribution in [3.8, 4) is 0 Å². The van der Waals surface area contributed by atoms with Crippen molar-refractivity contribution < 1.29 is 4.39 Å². The minimum absolute atomic E-state index is 0.171. The van der Waals surface area contributed by atoms with E-state index in [0.29, 0.717) is 0 Å². The molecule has 3 heteroatoms. The van der Waals surface area contributed by atoms with Crippen molar-refractivity contribution in [3.63, 3.8) is 0 Å². The molecule has 2 aromatic rings. The minimum Gasteiger partial charge on any atom is -0.207 e. The van der Waals surface area contributed by atoms with Crippen LogP contribution in [-0.2, 0) is 0 Å². The van der Waals surface area contributed by atoms with Gasteiger partial charge in [0.25, 0.3) is 0 Å². The lowest BCUT2D eigenvalue weighted by Crippen LogP contribution is -1.89. The van der Waals surface area contributed by atoms with Crippen LogP contribution in [0.1, 0.15) is 15.8 Å². The zero-order valence-corrected chi connectivity index (χ0v) is 8.86. The summed E-state index contributed by atoms with van der Waals surface area (Å²) in [5.41, 5.74) is 0.926. The summed E-state index contributed by atoms with van der Waals surface area (Å²) in [4.78, 5) is 1.08. The molecule has 0 saturated carbocycles. The zero-order chi connectivity index (χ0) is 9.97. The van der Waals surface area contributed by atoms with E-state index >= 15 is 0 Å². The normalized spacial score (nSPS) is 12.7. The maximum Gasteiger partial charge on any atom is 0.123 e. The summed E-state index contributed by atoms with van der Waals surface area (Å²) < 4.78 is 12.7. The van der Waals surface area contributed by atoms with Gasteiger partial charge in [-0.25, -0.2) is 4.39 Å². The van der Waals surface area contributed by atoms with Crippen molar-refractivity contribution in [2.24, 2.45) is 0 Å². The van der Waals surface area contributed by atoms with Gasteiger partial charge in [-0.05, 0) is 29.1 Å². The van der Waals surface area contributed by atoms with Gasteiger partial charge in [0.1, 0.15) is 5.82 Å². The van der Waals surface area contributed by atoms with Crippen LogP contribution in [0.5, 0.6) is 0 Å². The van der Waals surface area contributed by atoms with Gasteiger partial charge in [0.15, 0.2) is 0 Å². The summed E-state index contributed by atoms with van der Waals surface area (Å²) >= 11 is 7.82. The van der Waals surface area contributed by atoms with E-state index in [-0.39, 0.29) is 11.2 Å². The standard InChI is InChI=1S/C11H8ClFS/c12-11(10-2-1-7-14-10)8-3-5-9(13)6-4-8/h1-7,11H. The highest BCUT2D eigenvalue weighted by Crippen LogP contribution is 2.31. The van der Waals surface area contributed by atoms with Crippen LogP contribution in [0.3, 0.4) is 0 Å². The zero-order valence-electron chi connectivity index (χ0n) is 7.28. The third-order valence-electron chi connectivity index (χ3n) is 1.96. The number of alkyl halides is 1. The Bertz CT molecular complexity index is 394. The van der Waals surface area contributed by atoms with E-state index in [0.717, 1.165) is 10.4 Å². The van der Waals surface area contributed by atoms with E-state index < -0.39 is 0 Å². The molecule has 1 heterocycles. The lowest BCUT2D eigenvalue weighted by atomic mass is 10.1. The third kappa shape index (κ3) is 1.97. The molecular formula is C11H8ClFS. The first-order valence-electron chi connectivity index (χ1n) is 4.20. The van der Waals surface area contributed by atoms with Crippen LogP contribution in [0.2, 0.25) is 0 Å². The Morgan fingerprint density at radius 2 is 1.86 bits per heavy atom. The molecule has 0 spiro atoms. The van der Waals surface area contributed by atoms with Crippen LogP contribution in [-0.4, -0.2) is 0 Å². The second-order valence-corrected chi connectivity index (χ2v) is 4.35. The summed E-state index contributed by atoms with van der Waals surface area (Å²) in [6.07, 6.45) is 0. The molecule has 14 heavy (non-hydrogen) atoms. The second kappa shape index (κ2) is 4.11.